The van der Waals surface area contributed by atoms with Gasteiger partial charge in [-0.15, -0.1) is 0 Å². The summed E-state index contributed by atoms with van der Waals surface area (Å²) in [6.45, 7) is 9.65. The van der Waals surface area contributed by atoms with Crippen LogP contribution in [0.1, 0.15) is 41.5 Å². The quantitative estimate of drug-likeness (QED) is 0.142. The van der Waals surface area contributed by atoms with Crippen molar-refractivity contribution in [2.24, 2.45) is 0 Å². The van der Waals surface area contributed by atoms with Crippen LogP contribution in [0.4, 0.5) is 22.8 Å². The van der Waals surface area contributed by atoms with E-state index in [2.05, 4.69) is 0 Å². The van der Waals surface area contributed by atoms with Crippen LogP contribution in [0.15, 0.2) is 93.5 Å². The Hall–Kier alpha value is -3.75. The summed E-state index contributed by atoms with van der Waals surface area (Å²) >= 11 is 0. The van der Waals surface area contributed by atoms with E-state index in [4.69, 9.17) is 22.6 Å². The van der Waals surface area contributed by atoms with Crippen molar-refractivity contribution in [2.45, 2.75) is 72.9 Å². The first-order valence-electron chi connectivity index (χ1n) is 12.6. The van der Waals surface area contributed by atoms with Crippen molar-refractivity contribution in [2.75, 3.05) is 0 Å². The SMILES string of the molecule is CC(C)(C)OC(=O)Oc1cccc(S(OS(=O)(=O)C(F)(F)F)(c2ccccc2)c2cccc(OC(=O)OC(C)(C)C)c2)c1. The van der Waals surface area contributed by atoms with E-state index in [1.165, 1.54) is 72.8 Å². The molecule has 3 rings (SSSR count). The standard InChI is InChI=1S/C29H31F3O9S2/c1-27(2,3)39-25(33)37-20-12-10-16-23(18-20)42(22-14-8-7-9-15-22,41-43(35,36)29(30,31)32)24-17-11-13-21(19-24)38-26(34)40-28(4,5)6/h7-19H,1-6H3. The van der Waals surface area contributed by atoms with Crippen LogP contribution in [-0.4, -0.2) is 37.4 Å². The lowest BCUT2D eigenvalue weighted by Gasteiger charge is -2.39. The van der Waals surface area contributed by atoms with E-state index in [0.29, 0.717) is 0 Å². The van der Waals surface area contributed by atoms with Crippen molar-refractivity contribution in [3.63, 3.8) is 0 Å². The number of hydrogen-bond donors (Lipinski definition) is 0. The Morgan fingerprint density at radius 3 is 1.37 bits per heavy atom. The second-order valence-electron chi connectivity index (χ2n) is 10.9. The molecule has 0 saturated carbocycles. The molecule has 0 saturated heterocycles. The molecule has 3 aromatic rings. The molecule has 14 heteroatoms. The van der Waals surface area contributed by atoms with Crippen LogP contribution in [0.3, 0.4) is 0 Å². The lowest BCUT2D eigenvalue weighted by atomic mass is 10.2. The molecule has 0 atom stereocenters. The molecule has 0 aromatic heterocycles. The zero-order valence-corrected chi connectivity index (χ0v) is 25.8. The van der Waals surface area contributed by atoms with Crippen molar-refractivity contribution in [1.29, 1.82) is 0 Å². The van der Waals surface area contributed by atoms with Crippen molar-refractivity contribution < 1.29 is 53.8 Å². The van der Waals surface area contributed by atoms with Crippen molar-refractivity contribution >= 4 is 32.7 Å². The number of carbonyl (C=O) groups excluding carboxylic acids is 2. The number of alkyl halides is 3. The number of halogens is 3. The third-order valence-corrected chi connectivity index (χ3v) is 9.88. The van der Waals surface area contributed by atoms with E-state index in [1.807, 2.05) is 0 Å². The molecule has 0 spiro atoms. The minimum atomic E-state index is -6.25. The summed E-state index contributed by atoms with van der Waals surface area (Å²) in [6.07, 6.45) is -2.19. The molecule has 0 aliphatic rings. The maximum atomic E-state index is 13.9. The topological polar surface area (TPSA) is 114 Å². The van der Waals surface area contributed by atoms with Crippen LogP contribution in [0, 0.1) is 0 Å². The zero-order chi connectivity index (χ0) is 32.3. The van der Waals surface area contributed by atoms with E-state index >= 15 is 0 Å². The van der Waals surface area contributed by atoms with Gasteiger partial charge in [-0.2, -0.15) is 25.2 Å². The normalized spacial score (nSPS) is 13.1. The molecular weight excluding hydrogens is 613 g/mol. The van der Waals surface area contributed by atoms with Gasteiger partial charge in [-0.3, -0.25) is 0 Å². The Bertz CT molecular complexity index is 1490. The van der Waals surface area contributed by atoms with Crippen LogP contribution in [0.25, 0.3) is 0 Å². The molecule has 0 aliphatic carbocycles. The molecule has 0 amide bonds. The summed E-state index contributed by atoms with van der Waals surface area (Å²) in [5.74, 6) is -0.317. The van der Waals surface area contributed by atoms with E-state index in [1.54, 1.807) is 47.6 Å². The van der Waals surface area contributed by atoms with Gasteiger partial charge in [0.2, 0.25) is 0 Å². The molecule has 3 aromatic carbocycles. The summed E-state index contributed by atoms with van der Waals surface area (Å²) in [4.78, 5) is 24.6. The first-order valence-corrected chi connectivity index (χ1v) is 15.6. The second kappa shape index (κ2) is 12.5. The predicted octanol–water partition coefficient (Wildman–Crippen LogP) is 8.38. The first-order chi connectivity index (χ1) is 19.7. The van der Waals surface area contributed by atoms with Gasteiger partial charge in [-0.05, 0) is 100 Å². The minimum absolute atomic E-state index is 0.0339. The lowest BCUT2D eigenvalue weighted by molar-refractivity contribution is -0.0496. The van der Waals surface area contributed by atoms with E-state index in [9.17, 15) is 31.2 Å². The maximum absolute atomic E-state index is 13.9. The van der Waals surface area contributed by atoms with Gasteiger partial charge in [0.1, 0.15) is 22.7 Å². The highest BCUT2D eigenvalue weighted by molar-refractivity contribution is 8.33. The Kier molecular flexibility index (Phi) is 9.78. The number of ether oxygens (including phenoxy) is 4. The van der Waals surface area contributed by atoms with Crippen molar-refractivity contribution in [3.8, 4) is 11.5 Å². The number of carbonyl (C=O) groups is 2. The second-order valence-corrected chi connectivity index (χ2v) is 15.4. The highest BCUT2D eigenvalue weighted by atomic mass is 32.3. The van der Waals surface area contributed by atoms with Gasteiger partial charge in [0.15, 0.2) is 0 Å². The maximum Gasteiger partial charge on any atom is 0.524 e. The Morgan fingerprint density at radius 2 is 1.00 bits per heavy atom. The highest BCUT2D eigenvalue weighted by Crippen LogP contribution is 2.71. The largest absolute Gasteiger partial charge is 0.524 e. The fourth-order valence-electron chi connectivity index (χ4n) is 3.48. The fourth-order valence-corrected chi connectivity index (χ4v) is 8.27. The summed E-state index contributed by atoms with van der Waals surface area (Å²) in [5.41, 5.74) is -7.62. The number of hydrogen-bond acceptors (Lipinski definition) is 9. The Morgan fingerprint density at radius 1 is 0.605 bits per heavy atom. The van der Waals surface area contributed by atoms with Gasteiger partial charge in [-0.1, -0.05) is 30.3 Å². The van der Waals surface area contributed by atoms with Gasteiger partial charge in [0.05, 0.1) is 0 Å². The van der Waals surface area contributed by atoms with Crippen LogP contribution >= 0.6 is 10.3 Å². The van der Waals surface area contributed by atoms with Crippen LogP contribution < -0.4 is 9.47 Å². The van der Waals surface area contributed by atoms with Crippen LogP contribution in [0.2, 0.25) is 0 Å². The van der Waals surface area contributed by atoms with Crippen LogP contribution in [-0.2, 0) is 23.2 Å². The predicted molar refractivity (Wildman–Crippen MR) is 151 cm³/mol. The third kappa shape index (κ3) is 8.88. The average molecular weight is 645 g/mol. The minimum Gasteiger partial charge on any atom is -0.428 e. The van der Waals surface area contributed by atoms with Gasteiger partial charge >= 0.3 is 27.9 Å². The molecule has 0 aliphatic heterocycles. The summed E-state index contributed by atoms with van der Waals surface area (Å²) in [7, 11) is -10.1. The lowest BCUT2D eigenvalue weighted by Crippen LogP contribution is -2.28. The van der Waals surface area contributed by atoms with Gasteiger partial charge < -0.3 is 18.9 Å². The Labute approximate surface area is 249 Å². The Balaban J connectivity index is 2.28. The monoisotopic (exact) mass is 644 g/mol. The molecular formula is C29H31F3O9S2. The van der Waals surface area contributed by atoms with Gasteiger partial charge in [0.25, 0.3) is 0 Å². The molecule has 0 heterocycles. The summed E-state index contributed by atoms with van der Waals surface area (Å²) in [5, 5.41) is 0. The summed E-state index contributed by atoms with van der Waals surface area (Å²) in [6, 6.07) is 17.7. The van der Waals surface area contributed by atoms with E-state index in [-0.39, 0.29) is 26.2 Å². The van der Waals surface area contributed by atoms with E-state index in [0.717, 1.165) is 0 Å². The molecule has 0 N–H and O–H groups in total. The molecule has 234 valence electrons. The molecule has 9 nitrogen and oxygen atoms in total. The average Bonchev–Trinajstić information content (AvgIpc) is 2.85. The molecule has 0 fully saturated rings. The molecule has 0 radical (unpaired) electrons. The van der Waals surface area contributed by atoms with Gasteiger partial charge in [-0.25, -0.2) is 9.59 Å². The summed E-state index contributed by atoms with van der Waals surface area (Å²) < 4.78 is 93.0. The third-order valence-electron chi connectivity index (χ3n) is 5.01. The zero-order valence-electron chi connectivity index (χ0n) is 24.1. The fraction of sp³-hybridized carbons (Fsp3) is 0.310. The molecule has 0 unspecified atom stereocenters. The van der Waals surface area contributed by atoms with Crippen LogP contribution in [0.5, 0.6) is 11.5 Å². The number of rotatable bonds is 7. The molecule has 0 bridgehead atoms. The molecule has 43 heavy (non-hydrogen) atoms. The van der Waals surface area contributed by atoms with Crippen molar-refractivity contribution in [1.82, 2.24) is 0 Å². The van der Waals surface area contributed by atoms with E-state index < -0.39 is 49.4 Å². The number of benzene rings is 3. The first kappa shape index (κ1) is 33.7. The van der Waals surface area contributed by atoms with Gasteiger partial charge in [0, 0.05) is 14.7 Å². The van der Waals surface area contributed by atoms with Crippen molar-refractivity contribution in [3.05, 3.63) is 78.9 Å². The highest BCUT2D eigenvalue weighted by Gasteiger charge is 2.52. The smallest absolute Gasteiger partial charge is 0.428 e.